The number of hydrogen-bond acceptors (Lipinski definition) is 10. The fourth-order valence-electron chi connectivity index (χ4n) is 1.16. The highest BCUT2D eigenvalue weighted by Gasteiger charge is 2.09. The van der Waals surface area contributed by atoms with Gasteiger partial charge in [0, 0.05) is 12.2 Å². The molecule has 7 nitrogen and oxygen atoms in total. The van der Waals surface area contributed by atoms with Crippen molar-refractivity contribution in [3.63, 3.8) is 0 Å². The number of nitrogens with one attached hydrogen (secondary N) is 1. The summed E-state index contributed by atoms with van der Waals surface area (Å²) >= 11 is 5.59. The van der Waals surface area contributed by atoms with Gasteiger partial charge in [-0.05, 0) is 6.92 Å². The molecule has 2 heterocycles. The molecule has 0 saturated carbocycles. The molecule has 0 aliphatic heterocycles. The molecule has 0 saturated heterocycles. The highest BCUT2D eigenvalue weighted by atomic mass is 32.2. The van der Waals surface area contributed by atoms with Crippen LogP contribution in [0.4, 0.5) is 5.13 Å². The molecule has 0 unspecified atom stereocenters. The minimum atomic E-state index is -0.114. The van der Waals surface area contributed by atoms with Crippen LogP contribution < -0.4 is 5.32 Å². The van der Waals surface area contributed by atoms with Gasteiger partial charge in [0.1, 0.15) is 5.01 Å². The van der Waals surface area contributed by atoms with Crippen LogP contribution in [-0.2, 0) is 4.79 Å². The molecule has 0 fully saturated rings. The fraction of sp³-hybridized carbons (Fsp3) is 0.400. The van der Waals surface area contributed by atoms with E-state index in [1.807, 2.05) is 13.0 Å². The topological polar surface area (TPSA) is 104 Å². The maximum atomic E-state index is 11.8. The summed E-state index contributed by atoms with van der Waals surface area (Å²) in [6.07, 6.45) is 0.365. The van der Waals surface area contributed by atoms with Gasteiger partial charge < -0.3 is 5.32 Å². The SMILES string of the molecule is Cc1nnc(SCCC(=O)Nc2nnc(SCC#N)s2)s1. The predicted octanol–water partition coefficient (Wildman–Crippen LogP) is 2.43. The number of aromatic nitrogens is 4. The molecule has 0 aromatic carbocycles. The minimum Gasteiger partial charge on any atom is -0.300 e. The van der Waals surface area contributed by atoms with Gasteiger partial charge in [0.2, 0.25) is 11.0 Å². The van der Waals surface area contributed by atoms with Gasteiger partial charge in [-0.25, -0.2) is 0 Å². The molecule has 2 aromatic heterocycles. The second kappa shape index (κ2) is 8.28. The normalized spacial score (nSPS) is 10.3. The first-order chi connectivity index (χ1) is 10.2. The van der Waals surface area contributed by atoms with Crippen molar-refractivity contribution in [2.45, 2.75) is 22.0 Å². The van der Waals surface area contributed by atoms with Crippen molar-refractivity contribution in [1.29, 1.82) is 5.26 Å². The van der Waals surface area contributed by atoms with E-state index in [9.17, 15) is 4.79 Å². The maximum Gasteiger partial charge on any atom is 0.227 e. The average Bonchev–Trinajstić information content (AvgIpc) is 3.06. The quantitative estimate of drug-likeness (QED) is 0.594. The largest absolute Gasteiger partial charge is 0.300 e. The number of nitrogens with zero attached hydrogens (tertiary/aromatic N) is 5. The van der Waals surface area contributed by atoms with Gasteiger partial charge in [0.25, 0.3) is 0 Å². The van der Waals surface area contributed by atoms with Crippen LogP contribution in [0.15, 0.2) is 8.68 Å². The first-order valence-electron chi connectivity index (χ1n) is 5.73. The molecule has 0 aliphatic carbocycles. The highest BCUT2D eigenvalue weighted by Crippen LogP contribution is 2.25. The van der Waals surface area contributed by atoms with Crippen LogP contribution in [0.5, 0.6) is 0 Å². The number of carbonyl (C=O) groups is 1. The smallest absolute Gasteiger partial charge is 0.227 e. The summed E-state index contributed by atoms with van der Waals surface area (Å²) < 4.78 is 1.54. The highest BCUT2D eigenvalue weighted by molar-refractivity contribution is 8.01. The molecular weight excluding hydrogens is 348 g/mol. The second-order valence-electron chi connectivity index (χ2n) is 3.55. The Balaban J connectivity index is 1.71. The number of thioether (sulfide) groups is 2. The standard InChI is InChI=1S/C10H10N6OS4/c1-6-13-15-9(20-6)18-4-2-7(17)12-8-14-16-10(21-8)19-5-3-11/h2,4-5H2,1H3,(H,12,14,17). The van der Waals surface area contributed by atoms with Crippen molar-refractivity contribution in [3.05, 3.63) is 5.01 Å². The van der Waals surface area contributed by atoms with Crippen molar-refractivity contribution in [1.82, 2.24) is 20.4 Å². The monoisotopic (exact) mass is 358 g/mol. The van der Waals surface area contributed by atoms with Crippen LogP contribution in [-0.4, -0.2) is 37.8 Å². The average molecular weight is 358 g/mol. The number of amides is 1. The molecule has 110 valence electrons. The first kappa shape index (κ1) is 16.2. The Bertz CT molecular complexity index is 648. The van der Waals surface area contributed by atoms with Crippen LogP contribution in [0.25, 0.3) is 0 Å². The summed E-state index contributed by atoms with van der Waals surface area (Å²) in [4.78, 5) is 11.8. The molecule has 11 heteroatoms. The summed E-state index contributed by atoms with van der Waals surface area (Å²) in [5, 5.41) is 28.2. The van der Waals surface area contributed by atoms with Gasteiger partial charge in [-0.3, -0.25) is 4.79 Å². The van der Waals surface area contributed by atoms with Crippen molar-refractivity contribution in [3.8, 4) is 6.07 Å². The molecule has 21 heavy (non-hydrogen) atoms. The molecule has 2 aromatic rings. The summed E-state index contributed by atoms with van der Waals surface area (Å²) in [5.74, 6) is 0.840. The Morgan fingerprint density at radius 2 is 2.00 bits per heavy atom. The van der Waals surface area contributed by atoms with E-state index in [2.05, 4.69) is 25.7 Å². The zero-order valence-electron chi connectivity index (χ0n) is 10.9. The van der Waals surface area contributed by atoms with Crippen LogP contribution in [0.3, 0.4) is 0 Å². The van der Waals surface area contributed by atoms with Crippen LogP contribution in [0.1, 0.15) is 11.4 Å². The Morgan fingerprint density at radius 1 is 1.24 bits per heavy atom. The molecule has 0 bridgehead atoms. The third-order valence-corrected chi connectivity index (χ3v) is 5.79. The van der Waals surface area contributed by atoms with Gasteiger partial charge in [-0.1, -0.05) is 46.2 Å². The second-order valence-corrected chi connectivity index (χ2v) is 8.28. The van der Waals surface area contributed by atoms with E-state index in [1.165, 1.54) is 46.2 Å². The molecule has 0 spiro atoms. The first-order valence-corrected chi connectivity index (χ1v) is 9.34. The van der Waals surface area contributed by atoms with E-state index in [-0.39, 0.29) is 5.91 Å². The molecule has 0 radical (unpaired) electrons. The van der Waals surface area contributed by atoms with E-state index < -0.39 is 0 Å². The summed E-state index contributed by atoms with van der Waals surface area (Å²) in [6.45, 7) is 1.89. The molecule has 0 aliphatic rings. The predicted molar refractivity (Wildman–Crippen MR) is 84.9 cm³/mol. The minimum absolute atomic E-state index is 0.114. The molecule has 1 N–H and O–H groups in total. The number of anilines is 1. The van der Waals surface area contributed by atoms with Gasteiger partial charge >= 0.3 is 0 Å². The van der Waals surface area contributed by atoms with Crippen molar-refractivity contribution in [2.75, 3.05) is 16.8 Å². The fourth-order valence-corrected chi connectivity index (χ4v) is 4.42. The Kier molecular flexibility index (Phi) is 6.37. The van der Waals surface area contributed by atoms with Crippen molar-refractivity contribution in [2.24, 2.45) is 0 Å². The molecular formula is C10H10N6OS4. The summed E-state index contributed by atoms with van der Waals surface area (Å²) in [6, 6.07) is 2.01. The Labute approximate surface area is 137 Å². The lowest BCUT2D eigenvalue weighted by Crippen LogP contribution is -2.11. The number of hydrogen-bond donors (Lipinski definition) is 1. The third-order valence-electron chi connectivity index (χ3n) is 1.98. The zero-order valence-corrected chi connectivity index (χ0v) is 14.2. The number of aryl methyl sites for hydroxylation is 1. The van der Waals surface area contributed by atoms with Crippen LogP contribution in [0, 0.1) is 18.3 Å². The van der Waals surface area contributed by atoms with Crippen LogP contribution >= 0.6 is 46.2 Å². The number of carbonyl (C=O) groups excluding carboxylic acids is 1. The van der Waals surface area contributed by atoms with E-state index in [1.54, 1.807) is 0 Å². The molecule has 2 rings (SSSR count). The van der Waals surface area contributed by atoms with E-state index in [0.717, 1.165) is 9.35 Å². The van der Waals surface area contributed by atoms with Crippen molar-refractivity contribution < 1.29 is 4.79 Å². The lowest BCUT2D eigenvalue weighted by Gasteiger charge is -1.99. The van der Waals surface area contributed by atoms with E-state index in [4.69, 9.17) is 5.26 Å². The lowest BCUT2D eigenvalue weighted by molar-refractivity contribution is -0.115. The summed E-state index contributed by atoms with van der Waals surface area (Å²) in [5.41, 5.74) is 0. The molecule has 1 amide bonds. The lowest BCUT2D eigenvalue weighted by atomic mass is 10.5. The van der Waals surface area contributed by atoms with Crippen LogP contribution in [0.2, 0.25) is 0 Å². The van der Waals surface area contributed by atoms with E-state index in [0.29, 0.717) is 27.4 Å². The van der Waals surface area contributed by atoms with Gasteiger partial charge in [0.05, 0.1) is 11.8 Å². The Hall–Kier alpha value is -1.22. The molecule has 0 atom stereocenters. The number of rotatable bonds is 7. The van der Waals surface area contributed by atoms with Gasteiger partial charge in [0.15, 0.2) is 8.68 Å². The summed E-state index contributed by atoms with van der Waals surface area (Å²) in [7, 11) is 0. The van der Waals surface area contributed by atoms with Gasteiger partial charge in [-0.15, -0.1) is 20.4 Å². The maximum absolute atomic E-state index is 11.8. The Morgan fingerprint density at radius 3 is 2.71 bits per heavy atom. The van der Waals surface area contributed by atoms with E-state index >= 15 is 0 Å². The van der Waals surface area contributed by atoms with Crippen molar-refractivity contribution >= 4 is 57.2 Å². The third kappa shape index (κ3) is 5.58. The number of nitriles is 1. The van der Waals surface area contributed by atoms with Gasteiger partial charge in [-0.2, -0.15) is 5.26 Å². The zero-order chi connectivity index (χ0) is 15.1.